The Hall–Kier alpha value is -3.62. The molecule has 5 aromatic rings. The van der Waals surface area contributed by atoms with E-state index in [9.17, 15) is 15.0 Å². The SMILES string of the molecule is Cc1cc2nc(-c3ccc4c(c3)c(N3CCN(CCN5CCOCC5)C3O)nn4C)sc2c(-c2ccc(Cl)cc2)c1[C@H](OC(C)(C)C)C(=O)O. The van der Waals surface area contributed by atoms with E-state index in [0.29, 0.717) is 17.1 Å². The molecule has 0 radical (unpaired) electrons. The fourth-order valence-electron chi connectivity index (χ4n) is 6.96. The number of benzene rings is 3. The smallest absolute Gasteiger partial charge is 0.337 e. The fourth-order valence-corrected chi connectivity index (χ4v) is 8.20. The Labute approximate surface area is 300 Å². The summed E-state index contributed by atoms with van der Waals surface area (Å²) in [7, 11) is 1.92. The highest BCUT2D eigenvalue weighted by molar-refractivity contribution is 7.22. The van der Waals surface area contributed by atoms with E-state index >= 15 is 0 Å². The van der Waals surface area contributed by atoms with Gasteiger partial charge in [-0.25, -0.2) is 9.78 Å². The number of fused-ring (bicyclic) bond motifs is 2. The second-order valence-corrected chi connectivity index (χ2v) is 15.4. The molecule has 2 aliphatic heterocycles. The Morgan fingerprint density at radius 3 is 2.48 bits per heavy atom. The molecule has 11 nitrogen and oxygen atoms in total. The van der Waals surface area contributed by atoms with Crippen molar-refractivity contribution in [3.63, 3.8) is 0 Å². The number of aliphatic hydroxyl groups is 1. The van der Waals surface area contributed by atoms with Gasteiger partial charge in [-0.05, 0) is 75.2 Å². The monoisotopic (exact) mass is 718 g/mol. The highest BCUT2D eigenvalue weighted by atomic mass is 35.5. The van der Waals surface area contributed by atoms with Crippen molar-refractivity contribution in [2.24, 2.45) is 7.05 Å². The summed E-state index contributed by atoms with van der Waals surface area (Å²) in [5.74, 6) is -0.323. The summed E-state index contributed by atoms with van der Waals surface area (Å²) in [4.78, 5) is 24.3. The highest BCUT2D eigenvalue weighted by Gasteiger charge is 2.34. The second-order valence-electron chi connectivity index (χ2n) is 14.0. The van der Waals surface area contributed by atoms with Crippen LogP contribution in [0.4, 0.5) is 5.82 Å². The Morgan fingerprint density at radius 2 is 1.78 bits per heavy atom. The molecule has 1 unspecified atom stereocenters. The lowest BCUT2D eigenvalue weighted by Crippen LogP contribution is -2.45. The number of aryl methyl sites for hydroxylation is 2. The standard InChI is InChI=1S/C37H43ClN6O5S/c1-22-20-27-32(30(23-6-9-25(38)10-7-23)29(22)31(35(45)46)49-37(2,3)4)50-34(39-27)24-8-11-28-26(21-24)33(40-41(28)5)44-15-14-43(36(44)47)13-12-42-16-18-48-19-17-42/h6-11,20-21,31,36,47H,12-19H2,1-5H3,(H,45,46)/t31-,36?/m0/s1. The van der Waals surface area contributed by atoms with Crippen LogP contribution in [0.3, 0.4) is 0 Å². The molecule has 0 bridgehead atoms. The molecule has 264 valence electrons. The topological polar surface area (TPSA) is 116 Å². The third kappa shape index (κ3) is 6.85. The molecule has 0 saturated carbocycles. The van der Waals surface area contributed by atoms with Gasteiger partial charge in [-0.2, -0.15) is 5.10 Å². The molecule has 2 atom stereocenters. The molecule has 0 amide bonds. The van der Waals surface area contributed by atoms with Crippen LogP contribution in [0.15, 0.2) is 48.5 Å². The first-order valence-corrected chi connectivity index (χ1v) is 18.1. The number of hydrogen-bond donors (Lipinski definition) is 2. The van der Waals surface area contributed by atoms with E-state index in [0.717, 1.165) is 100 Å². The van der Waals surface area contributed by atoms with Crippen molar-refractivity contribution in [3.8, 4) is 21.7 Å². The Morgan fingerprint density at radius 1 is 1.06 bits per heavy atom. The Balaban J connectivity index is 1.28. The molecule has 3 aromatic carbocycles. The zero-order valence-corrected chi connectivity index (χ0v) is 30.6. The number of aromatic nitrogens is 3. The van der Waals surface area contributed by atoms with Crippen LogP contribution in [-0.2, 0) is 21.3 Å². The number of carbonyl (C=O) groups is 1. The molecule has 2 aliphatic rings. The van der Waals surface area contributed by atoms with Gasteiger partial charge in [0.1, 0.15) is 5.01 Å². The van der Waals surface area contributed by atoms with Crippen LogP contribution in [0.5, 0.6) is 0 Å². The average Bonchev–Trinajstić information content (AvgIpc) is 3.77. The first kappa shape index (κ1) is 34.8. The molecule has 4 heterocycles. The lowest BCUT2D eigenvalue weighted by atomic mass is 9.91. The second kappa shape index (κ2) is 13.8. The number of carboxylic acid groups (broad SMARTS) is 1. The first-order valence-electron chi connectivity index (χ1n) is 16.9. The molecule has 2 saturated heterocycles. The van der Waals surface area contributed by atoms with Gasteiger partial charge < -0.3 is 24.6 Å². The lowest BCUT2D eigenvalue weighted by Gasteiger charge is -2.30. The third-order valence-corrected chi connectivity index (χ3v) is 10.8. The minimum atomic E-state index is -1.19. The first-order chi connectivity index (χ1) is 23.9. The molecule has 2 fully saturated rings. The number of nitrogens with zero attached hydrogens (tertiary/aromatic N) is 6. The molecular weight excluding hydrogens is 676 g/mol. The van der Waals surface area contributed by atoms with Gasteiger partial charge in [-0.15, -0.1) is 11.3 Å². The predicted octanol–water partition coefficient (Wildman–Crippen LogP) is 6.15. The summed E-state index contributed by atoms with van der Waals surface area (Å²) in [6.45, 7) is 13.9. The van der Waals surface area contributed by atoms with E-state index in [1.807, 2.05) is 86.8 Å². The molecule has 50 heavy (non-hydrogen) atoms. The minimum absolute atomic E-state index is 0.592. The zero-order valence-electron chi connectivity index (χ0n) is 29.0. The van der Waals surface area contributed by atoms with Crippen molar-refractivity contribution in [2.45, 2.75) is 45.8 Å². The average molecular weight is 719 g/mol. The number of halogens is 1. The van der Waals surface area contributed by atoms with Crippen molar-refractivity contribution in [1.82, 2.24) is 24.6 Å². The van der Waals surface area contributed by atoms with E-state index in [-0.39, 0.29) is 0 Å². The normalized spacial score (nSPS) is 18.5. The Bertz CT molecular complexity index is 2030. The summed E-state index contributed by atoms with van der Waals surface area (Å²) in [5, 5.41) is 29.0. The van der Waals surface area contributed by atoms with Crippen LogP contribution in [0.1, 0.15) is 38.0 Å². The molecule has 0 spiro atoms. The summed E-state index contributed by atoms with van der Waals surface area (Å²) >= 11 is 7.80. The van der Waals surface area contributed by atoms with Gasteiger partial charge in [0, 0.05) is 73.4 Å². The summed E-state index contributed by atoms with van der Waals surface area (Å²) in [6.07, 6.45) is -1.97. The van der Waals surface area contributed by atoms with E-state index < -0.39 is 24.0 Å². The summed E-state index contributed by atoms with van der Waals surface area (Å²) in [5.41, 5.74) is 4.93. The van der Waals surface area contributed by atoms with Gasteiger partial charge in [-0.3, -0.25) is 14.5 Å². The number of aliphatic hydroxyl groups excluding tert-OH is 1. The molecule has 7 rings (SSSR count). The number of thiazole rings is 1. The lowest BCUT2D eigenvalue weighted by molar-refractivity contribution is -0.160. The fraction of sp³-hybridized carbons (Fsp3) is 0.432. The maximum Gasteiger partial charge on any atom is 0.337 e. The van der Waals surface area contributed by atoms with Gasteiger partial charge in [0.05, 0.1) is 34.5 Å². The number of carboxylic acids is 1. The van der Waals surface area contributed by atoms with Crippen molar-refractivity contribution < 1.29 is 24.5 Å². The number of rotatable bonds is 9. The summed E-state index contributed by atoms with van der Waals surface area (Å²) < 4.78 is 14.4. The van der Waals surface area contributed by atoms with Crippen LogP contribution in [0.25, 0.3) is 42.8 Å². The van der Waals surface area contributed by atoms with Gasteiger partial charge in [-0.1, -0.05) is 23.7 Å². The van der Waals surface area contributed by atoms with Crippen molar-refractivity contribution in [1.29, 1.82) is 0 Å². The van der Waals surface area contributed by atoms with Crippen molar-refractivity contribution in [3.05, 3.63) is 64.7 Å². The molecule has 13 heteroatoms. The van der Waals surface area contributed by atoms with Crippen molar-refractivity contribution >= 4 is 55.8 Å². The molecule has 2 aromatic heterocycles. The van der Waals surface area contributed by atoms with Crippen LogP contribution >= 0.6 is 22.9 Å². The number of morpholine rings is 1. The van der Waals surface area contributed by atoms with Crippen LogP contribution in [-0.4, -0.2) is 105 Å². The highest BCUT2D eigenvalue weighted by Crippen LogP contribution is 2.45. The van der Waals surface area contributed by atoms with Gasteiger partial charge >= 0.3 is 5.97 Å². The maximum absolute atomic E-state index is 12.8. The number of anilines is 1. The van der Waals surface area contributed by atoms with Gasteiger partial charge in [0.25, 0.3) is 0 Å². The third-order valence-electron chi connectivity index (χ3n) is 9.41. The van der Waals surface area contributed by atoms with E-state index in [4.69, 9.17) is 31.2 Å². The number of aliphatic carboxylic acids is 1. The van der Waals surface area contributed by atoms with Gasteiger partial charge in [0.2, 0.25) is 0 Å². The van der Waals surface area contributed by atoms with Crippen LogP contribution in [0.2, 0.25) is 5.02 Å². The van der Waals surface area contributed by atoms with E-state index in [1.165, 1.54) is 11.3 Å². The Kier molecular flexibility index (Phi) is 9.63. The molecular formula is C37H43ClN6O5S. The van der Waals surface area contributed by atoms with Crippen LogP contribution in [0, 0.1) is 6.92 Å². The number of hydrogen-bond acceptors (Lipinski definition) is 10. The maximum atomic E-state index is 12.8. The quantitative estimate of drug-likeness (QED) is 0.184. The van der Waals surface area contributed by atoms with Crippen molar-refractivity contribution in [2.75, 3.05) is 57.4 Å². The van der Waals surface area contributed by atoms with E-state index in [2.05, 4.69) is 15.9 Å². The summed E-state index contributed by atoms with van der Waals surface area (Å²) in [6, 6.07) is 15.6. The van der Waals surface area contributed by atoms with Gasteiger partial charge in [0.15, 0.2) is 18.3 Å². The predicted molar refractivity (Wildman–Crippen MR) is 198 cm³/mol. The van der Waals surface area contributed by atoms with E-state index in [1.54, 1.807) is 0 Å². The zero-order chi connectivity index (χ0) is 35.3. The molecule has 2 N–H and O–H groups in total. The van der Waals surface area contributed by atoms with Crippen LogP contribution < -0.4 is 4.90 Å². The number of ether oxygens (including phenoxy) is 2. The minimum Gasteiger partial charge on any atom is -0.479 e. The largest absolute Gasteiger partial charge is 0.479 e. The molecule has 0 aliphatic carbocycles.